The van der Waals surface area contributed by atoms with Gasteiger partial charge in [0.1, 0.15) is 5.75 Å². The van der Waals surface area contributed by atoms with Crippen LogP contribution >= 0.6 is 0 Å². The fourth-order valence-electron chi connectivity index (χ4n) is 7.42. The first kappa shape index (κ1) is 28.6. The standard InChI is InChI=1S/C34H41BO5/c1-5-9-22(17-23-15-20(3)32(36)21(4)16-23)13-14-29-30-24(10-6-2)18-27-31(28(30)19-35(39)40-29)34(38)26-12-8-7-11-25(26)33(27)37/h7-8,11-12,15-17,27-29,31,36,39H,5-6,9-10,13-14,18-19H2,1-4H3/b22-17+/t27-,28+,29-,31-/m1/s1. The van der Waals surface area contributed by atoms with Gasteiger partial charge in [-0.3, -0.25) is 9.59 Å². The number of ketones is 2. The molecule has 3 aliphatic rings. The third-order valence-corrected chi connectivity index (χ3v) is 9.10. The number of fused-ring (bicyclic) bond motifs is 4. The van der Waals surface area contributed by atoms with Crippen molar-refractivity contribution < 1.29 is 24.4 Å². The number of aromatic hydroxyl groups is 1. The predicted molar refractivity (Wildman–Crippen MR) is 159 cm³/mol. The van der Waals surface area contributed by atoms with Gasteiger partial charge in [-0.1, -0.05) is 68.2 Å². The molecule has 1 heterocycles. The lowest BCUT2D eigenvalue weighted by molar-refractivity contribution is 0.0598. The number of allylic oxidation sites excluding steroid dienone is 2. The van der Waals surface area contributed by atoms with E-state index in [1.54, 1.807) is 12.1 Å². The normalized spacial score (nSPS) is 24.6. The maximum atomic E-state index is 13.8. The number of Topliss-reactive ketones (excluding diaryl/α,β-unsaturated/α-hetero) is 2. The summed E-state index contributed by atoms with van der Waals surface area (Å²) in [5, 5.41) is 21.1. The molecule has 40 heavy (non-hydrogen) atoms. The first-order chi connectivity index (χ1) is 19.2. The van der Waals surface area contributed by atoms with Crippen molar-refractivity contribution in [1.82, 2.24) is 0 Å². The van der Waals surface area contributed by atoms with E-state index in [-0.39, 0.29) is 29.5 Å². The fourth-order valence-corrected chi connectivity index (χ4v) is 7.42. The number of benzene rings is 2. The molecule has 5 rings (SSSR count). The summed E-state index contributed by atoms with van der Waals surface area (Å²) >= 11 is 0. The van der Waals surface area contributed by atoms with Crippen LogP contribution in [0.3, 0.4) is 0 Å². The molecule has 2 N–H and O–H groups in total. The molecular weight excluding hydrogens is 499 g/mol. The molecule has 0 unspecified atom stereocenters. The van der Waals surface area contributed by atoms with E-state index in [1.165, 1.54) is 16.7 Å². The van der Waals surface area contributed by atoms with Crippen LogP contribution in [-0.2, 0) is 4.65 Å². The molecule has 2 aliphatic carbocycles. The third-order valence-electron chi connectivity index (χ3n) is 9.10. The Hall–Kier alpha value is -2.96. The van der Waals surface area contributed by atoms with Gasteiger partial charge < -0.3 is 14.8 Å². The molecule has 0 saturated carbocycles. The number of hydrogen-bond donors (Lipinski definition) is 2. The zero-order chi connectivity index (χ0) is 28.6. The third kappa shape index (κ3) is 5.36. The summed E-state index contributed by atoms with van der Waals surface area (Å²) in [6, 6.07) is 11.2. The Morgan fingerprint density at radius 2 is 1.68 bits per heavy atom. The van der Waals surface area contributed by atoms with Crippen LogP contribution in [0.2, 0.25) is 6.32 Å². The Kier molecular flexibility index (Phi) is 8.48. The molecule has 0 bridgehead atoms. The van der Waals surface area contributed by atoms with Crippen molar-refractivity contribution in [3.05, 3.63) is 80.9 Å². The van der Waals surface area contributed by atoms with E-state index in [2.05, 4.69) is 19.9 Å². The van der Waals surface area contributed by atoms with Gasteiger partial charge >= 0.3 is 7.12 Å². The monoisotopic (exact) mass is 540 g/mol. The van der Waals surface area contributed by atoms with Crippen molar-refractivity contribution in [2.75, 3.05) is 0 Å². The van der Waals surface area contributed by atoms with E-state index in [1.807, 2.05) is 38.1 Å². The van der Waals surface area contributed by atoms with Crippen molar-refractivity contribution >= 4 is 24.8 Å². The maximum absolute atomic E-state index is 13.8. The van der Waals surface area contributed by atoms with Crippen LogP contribution in [0, 0.1) is 31.6 Å². The maximum Gasteiger partial charge on any atom is 0.455 e. The van der Waals surface area contributed by atoms with Gasteiger partial charge in [0.2, 0.25) is 0 Å². The van der Waals surface area contributed by atoms with E-state index >= 15 is 0 Å². The highest BCUT2D eigenvalue weighted by Gasteiger charge is 2.53. The molecule has 5 nitrogen and oxygen atoms in total. The SMILES string of the molecule is CCCC1=C2[C@@H](CC/C(=C/c3cc(C)c(O)c(C)c3)CCC)OB(O)C[C@@H]2[C@@H]2C(=O)c3ccccc3C(=O)[C@@H]2C1. The van der Waals surface area contributed by atoms with Crippen LogP contribution in [0.25, 0.3) is 6.08 Å². The predicted octanol–water partition coefficient (Wildman–Crippen LogP) is 7.28. The molecule has 1 fully saturated rings. The number of phenols is 1. The van der Waals surface area contributed by atoms with Crippen LogP contribution < -0.4 is 0 Å². The number of carbonyl (C=O) groups excluding carboxylic acids is 2. The molecule has 2 aromatic carbocycles. The molecule has 0 spiro atoms. The van der Waals surface area contributed by atoms with Crippen LogP contribution in [-0.4, -0.2) is 34.9 Å². The lowest BCUT2D eigenvalue weighted by Crippen LogP contribution is -2.50. The Bertz CT molecular complexity index is 1350. The molecular formula is C34H41BO5. The smallest absolute Gasteiger partial charge is 0.455 e. The molecule has 0 aromatic heterocycles. The molecule has 2 aromatic rings. The minimum Gasteiger partial charge on any atom is -0.507 e. The molecule has 210 valence electrons. The highest BCUT2D eigenvalue weighted by atomic mass is 16.5. The van der Waals surface area contributed by atoms with Crippen LogP contribution in [0.1, 0.15) is 96.2 Å². The number of aryl methyl sites for hydroxylation is 2. The topological polar surface area (TPSA) is 83.8 Å². The quantitative estimate of drug-likeness (QED) is 0.272. The second-order valence-corrected chi connectivity index (χ2v) is 11.9. The van der Waals surface area contributed by atoms with Gasteiger partial charge in [-0.2, -0.15) is 0 Å². The second-order valence-electron chi connectivity index (χ2n) is 11.9. The zero-order valence-corrected chi connectivity index (χ0v) is 24.2. The van der Waals surface area contributed by atoms with Crippen LogP contribution in [0.4, 0.5) is 0 Å². The summed E-state index contributed by atoms with van der Waals surface area (Å²) in [6.07, 6.45) is 8.22. The number of carbonyl (C=O) groups is 2. The second kappa shape index (κ2) is 11.9. The Morgan fingerprint density at radius 3 is 2.33 bits per heavy atom. The van der Waals surface area contributed by atoms with Gasteiger partial charge in [-0.15, -0.1) is 0 Å². The molecule has 0 amide bonds. The lowest BCUT2D eigenvalue weighted by Gasteiger charge is -2.47. The Labute approximate surface area is 238 Å². The van der Waals surface area contributed by atoms with Gasteiger partial charge in [-0.05, 0) is 92.6 Å². The fraction of sp³-hybridized carbons (Fsp3) is 0.471. The van der Waals surface area contributed by atoms with E-state index in [0.717, 1.165) is 48.8 Å². The minimum absolute atomic E-state index is 0.0377. The first-order valence-electron chi connectivity index (χ1n) is 15.0. The summed E-state index contributed by atoms with van der Waals surface area (Å²) in [4.78, 5) is 27.5. The van der Waals surface area contributed by atoms with Gasteiger partial charge in [0.05, 0.1) is 6.10 Å². The first-order valence-corrected chi connectivity index (χ1v) is 15.0. The molecule has 6 heteroatoms. The summed E-state index contributed by atoms with van der Waals surface area (Å²) in [5.74, 6) is -0.532. The lowest BCUT2D eigenvalue weighted by atomic mass is 9.54. The van der Waals surface area contributed by atoms with Crippen molar-refractivity contribution in [2.45, 2.75) is 85.1 Å². The molecule has 0 radical (unpaired) electrons. The highest BCUT2D eigenvalue weighted by molar-refractivity contribution is 6.43. The van der Waals surface area contributed by atoms with E-state index in [9.17, 15) is 19.7 Å². The minimum atomic E-state index is -0.957. The summed E-state index contributed by atoms with van der Waals surface area (Å²) < 4.78 is 6.22. The summed E-state index contributed by atoms with van der Waals surface area (Å²) in [7, 11) is -0.957. The summed E-state index contributed by atoms with van der Waals surface area (Å²) in [6.45, 7) is 8.16. The number of hydrogen-bond acceptors (Lipinski definition) is 5. The number of rotatable bonds is 8. The molecule has 1 aliphatic heterocycles. The number of phenolic OH excluding ortho intramolecular Hbond substituents is 1. The van der Waals surface area contributed by atoms with E-state index in [4.69, 9.17) is 4.65 Å². The Morgan fingerprint density at radius 1 is 1.00 bits per heavy atom. The highest BCUT2D eigenvalue weighted by Crippen LogP contribution is 2.51. The summed E-state index contributed by atoms with van der Waals surface area (Å²) in [5.41, 5.74) is 7.60. The van der Waals surface area contributed by atoms with Crippen molar-refractivity contribution in [3.8, 4) is 5.75 Å². The van der Waals surface area contributed by atoms with Gasteiger partial charge in [0.15, 0.2) is 11.6 Å². The van der Waals surface area contributed by atoms with E-state index < -0.39 is 13.0 Å². The molecule has 4 atom stereocenters. The zero-order valence-electron chi connectivity index (χ0n) is 24.2. The van der Waals surface area contributed by atoms with Crippen molar-refractivity contribution in [2.24, 2.45) is 17.8 Å². The largest absolute Gasteiger partial charge is 0.507 e. The van der Waals surface area contributed by atoms with Gasteiger partial charge in [0, 0.05) is 23.0 Å². The van der Waals surface area contributed by atoms with Crippen LogP contribution in [0.5, 0.6) is 5.75 Å². The van der Waals surface area contributed by atoms with Gasteiger partial charge in [0.25, 0.3) is 0 Å². The van der Waals surface area contributed by atoms with E-state index in [0.29, 0.717) is 36.0 Å². The van der Waals surface area contributed by atoms with Crippen molar-refractivity contribution in [1.29, 1.82) is 0 Å². The van der Waals surface area contributed by atoms with Crippen molar-refractivity contribution in [3.63, 3.8) is 0 Å². The Balaban J connectivity index is 1.47. The molecule has 1 saturated heterocycles. The average Bonchev–Trinajstić information content (AvgIpc) is 2.93. The average molecular weight is 541 g/mol. The van der Waals surface area contributed by atoms with Gasteiger partial charge in [-0.25, -0.2) is 0 Å². The van der Waals surface area contributed by atoms with Crippen LogP contribution in [0.15, 0.2) is 53.1 Å².